The molecule has 1 aromatic heterocycles. The monoisotopic (exact) mass is 365 g/mol. The SMILES string of the molecule is O=C(N[C@@H]1C[C@H]2CC[C@@H]1N2)c1ncc(Sc2cccc(Cl)c2)s1. The van der Waals surface area contributed by atoms with Gasteiger partial charge in [-0.3, -0.25) is 4.79 Å². The number of amides is 1. The first-order chi connectivity index (χ1) is 11.2. The van der Waals surface area contributed by atoms with Crippen LogP contribution in [-0.4, -0.2) is 29.0 Å². The summed E-state index contributed by atoms with van der Waals surface area (Å²) in [7, 11) is 0. The molecule has 2 saturated heterocycles. The van der Waals surface area contributed by atoms with Gasteiger partial charge in [-0.05, 0) is 37.5 Å². The number of rotatable bonds is 4. The highest BCUT2D eigenvalue weighted by atomic mass is 35.5. The van der Waals surface area contributed by atoms with Crippen LogP contribution in [0.4, 0.5) is 0 Å². The van der Waals surface area contributed by atoms with Crippen molar-refractivity contribution in [3.63, 3.8) is 0 Å². The zero-order valence-electron chi connectivity index (χ0n) is 12.3. The Bertz CT molecular complexity index is 736. The molecule has 2 N–H and O–H groups in total. The summed E-state index contributed by atoms with van der Waals surface area (Å²) in [6, 6.07) is 8.93. The maximum absolute atomic E-state index is 12.4. The van der Waals surface area contributed by atoms with Crippen LogP contribution < -0.4 is 10.6 Å². The molecular formula is C16H16ClN3OS2. The van der Waals surface area contributed by atoms with Gasteiger partial charge in [-0.1, -0.05) is 29.4 Å². The highest BCUT2D eigenvalue weighted by Gasteiger charge is 2.39. The number of hydrogen-bond acceptors (Lipinski definition) is 5. The van der Waals surface area contributed by atoms with Crippen LogP contribution in [0.2, 0.25) is 5.02 Å². The Balaban J connectivity index is 1.40. The molecule has 0 aliphatic carbocycles. The van der Waals surface area contributed by atoms with Gasteiger partial charge in [-0.2, -0.15) is 0 Å². The van der Waals surface area contributed by atoms with Crippen LogP contribution in [0.25, 0.3) is 0 Å². The lowest BCUT2D eigenvalue weighted by molar-refractivity contribution is 0.0930. The van der Waals surface area contributed by atoms with Gasteiger partial charge >= 0.3 is 0 Å². The minimum atomic E-state index is -0.0627. The minimum Gasteiger partial charge on any atom is -0.346 e. The van der Waals surface area contributed by atoms with Crippen LogP contribution in [0.15, 0.2) is 39.6 Å². The Morgan fingerprint density at radius 3 is 3.09 bits per heavy atom. The van der Waals surface area contributed by atoms with E-state index in [0.29, 0.717) is 22.1 Å². The molecule has 2 fully saturated rings. The van der Waals surface area contributed by atoms with E-state index in [0.717, 1.165) is 21.9 Å². The third-order valence-corrected chi connectivity index (χ3v) is 6.63. The van der Waals surface area contributed by atoms with E-state index in [4.69, 9.17) is 11.6 Å². The van der Waals surface area contributed by atoms with Gasteiger partial charge in [-0.25, -0.2) is 4.98 Å². The number of carbonyl (C=O) groups is 1. The average Bonchev–Trinajstić information content (AvgIpc) is 3.23. The normalized spacial score (nSPS) is 25.7. The predicted molar refractivity (Wildman–Crippen MR) is 93.5 cm³/mol. The molecule has 120 valence electrons. The van der Waals surface area contributed by atoms with Gasteiger partial charge in [-0.15, -0.1) is 11.3 Å². The van der Waals surface area contributed by atoms with E-state index in [2.05, 4.69) is 15.6 Å². The van der Waals surface area contributed by atoms with Gasteiger partial charge in [0.15, 0.2) is 5.01 Å². The highest BCUT2D eigenvalue weighted by molar-refractivity contribution is 8.01. The van der Waals surface area contributed by atoms with Crippen molar-refractivity contribution in [2.75, 3.05) is 0 Å². The second-order valence-corrected chi connectivity index (χ2v) is 8.75. The number of nitrogens with zero attached hydrogens (tertiary/aromatic N) is 1. The molecular weight excluding hydrogens is 350 g/mol. The van der Waals surface area contributed by atoms with E-state index in [1.807, 2.05) is 24.3 Å². The standard InChI is InChI=1S/C16H16ClN3OS2/c17-9-2-1-3-11(6-9)22-14-8-18-16(23-14)15(21)20-13-7-10-4-5-12(13)19-10/h1-3,6,8,10,12-13,19H,4-5,7H2,(H,20,21)/t10-,12+,13-/m1/s1. The number of carbonyl (C=O) groups excluding carboxylic acids is 1. The van der Waals surface area contributed by atoms with Crippen molar-refractivity contribution in [2.45, 2.75) is 46.5 Å². The summed E-state index contributed by atoms with van der Waals surface area (Å²) in [4.78, 5) is 17.7. The smallest absolute Gasteiger partial charge is 0.280 e. The van der Waals surface area contributed by atoms with Crippen LogP contribution in [0.5, 0.6) is 0 Å². The maximum Gasteiger partial charge on any atom is 0.280 e. The molecule has 0 radical (unpaired) electrons. The first-order valence-corrected chi connectivity index (χ1v) is 9.64. The van der Waals surface area contributed by atoms with Gasteiger partial charge < -0.3 is 10.6 Å². The van der Waals surface area contributed by atoms with E-state index >= 15 is 0 Å². The molecule has 2 bridgehead atoms. The molecule has 0 saturated carbocycles. The van der Waals surface area contributed by atoms with Gasteiger partial charge in [0.2, 0.25) is 0 Å². The number of thiazole rings is 1. The van der Waals surface area contributed by atoms with Gasteiger partial charge in [0, 0.05) is 28.0 Å². The Kier molecular flexibility index (Phi) is 4.32. The summed E-state index contributed by atoms with van der Waals surface area (Å²) in [5, 5.41) is 7.89. The van der Waals surface area contributed by atoms with Crippen molar-refractivity contribution < 1.29 is 4.79 Å². The molecule has 0 unspecified atom stereocenters. The largest absolute Gasteiger partial charge is 0.346 e. The summed E-state index contributed by atoms with van der Waals surface area (Å²) >= 11 is 8.99. The third kappa shape index (κ3) is 3.40. The van der Waals surface area contributed by atoms with Crippen LogP contribution in [0.1, 0.15) is 29.1 Å². The van der Waals surface area contributed by atoms with E-state index in [1.54, 1.807) is 18.0 Å². The van der Waals surface area contributed by atoms with Crippen molar-refractivity contribution in [2.24, 2.45) is 0 Å². The molecule has 2 aliphatic heterocycles. The Labute approximate surface area is 148 Å². The maximum atomic E-state index is 12.4. The van der Waals surface area contributed by atoms with Gasteiger partial charge in [0.1, 0.15) is 0 Å². The fourth-order valence-electron chi connectivity index (χ4n) is 3.27. The summed E-state index contributed by atoms with van der Waals surface area (Å²) in [5.74, 6) is -0.0627. The lowest BCUT2D eigenvalue weighted by Crippen LogP contribution is -2.42. The van der Waals surface area contributed by atoms with Crippen molar-refractivity contribution >= 4 is 40.6 Å². The molecule has 2 aliphatic rings. The molecule has 7 heteroatoms. The third-order valence-electron chi connectivity index (χ3n) is 4.31. The average molecular weight is 366 g/mol. The number of fused-ring (bicyclic) bond motifs is 2. The Morgan fingerprint density at radius 1 is 1.43 bits per heavy atom. The van der Waals surface area contributed by atoms with Crippen LogP contribution >= 0.6 is 34.7 Å². The molecule has 0 spiro atoms. The molecule has 1 aromatic carbocycles. The first-order valence-electron chi connectivity index (χ1n) is 7.63. The summed E-state index contributed by atoms with van der Waals surface area (Å²) in [5.41, 5.74) is 0. The number of aromatic nitrogens is 1. The first kappa shape index (κ1) is 15.4. The van der Waals surface area contributed by atoms with Gasteiger partial charge in [0.25, 0.3) is 5.91 Å². The van der Waals surface area contributed by atoms with E-state index in [-0.39, 0.29) is 11.9 Å². The quantitative estimate of drug-likeness (QED) is 0.869. The molecule has 3 heterocycles. The fourth-order valence-corrected chi connectivity index (χ4v) is 5.44. The Morgan fingerprint density at radius 2 is 2.35 bits per heavy atom. The van der Waals surface area contributed by atoms with Crippen molar-refractivity contribution in [3.05, 3.63) is 40.5 Å². The number of hydrogen-bond donors (Lipinski definition) is 2. The molecule has 23 heavy (non-hydrogen) atoms. The zero-order chi connectivity index (χ0) is 15.8. The van der Waals surface area contributed by atoms with Crippen molar-refractivity contribution in [3.8, 4) is 0 Å². The lowest BCUT2D eigenvalue weighted by Gasteiger charge is -2.20. The highest BCUT2D eigenvalue weighted by Crippen LogP contribution is 2.33. The number of benzene rings is 1. The van der Waals surface area contributed by atoms with Crippen LogP contribution in [-0.2, 0) is 0 Å². The van der Waals surface area contributed by atoms with Crippen molar-refractivity contribution in [1.29, 1.82) is 0 Å². The number of nitrogens with one attached hydrogen (secondary N) is 2. The Hall–Kier alpha value is -1.08. The number of halogens is 1. The zero-order valence-corrected chi connectivity index (χ0v) is 14.7. The summed E-state index contributed by atoms with van der Waals surface area (Å²) in [6.45, 7) is 0. The predicted octanol–water partition coefficient (Wildman–Crippen LogP) is 3.57. The molecule has 4 nitrogen and oxygen atoms in total. The second-order valence-electron chi connectivity index (χ2n) is 5.91. The second kappa shape index (κ2) is 6.43. The van der Waals surface area contributed by atoms with Crippen molar-refractivity contribution in [1.82, 2.24) is 15.6 Å². The minimum absolute atomic E-state index is 0.0627. The van der Waals surface area contributed by atoms with Crippen LogP contribution in [0, 0.1) is 0 Å². The molecule has 4 rings (SSSR count). The van der Waals surface area contributed by atoms with E-state index < -0.39 is 0 Å². The van der Waals surface area contributed by atoms with Crippen LogP contribution in [0.3, 0.4) is 0 Å². The molecule has 1 amide bonds. The topological polar surface area (TPSA) is 54.0 Å². The molecule has 2 aromatic rings. The fraction of sp³-hybridized carbons (Fsp3) is 0.375. The lowest BCUT2D eigenvalue weighted by atomic mass is 9.95. The van der Waals surface area contributed by atoms with Gasteiger partial charge in [0.05, 0.1) is 10.4 Å². The summed E-state index contributed by atoms with van der Waals surface area (Å²) in [6.07, 6.45) is 5.17. The van der Waals surface area contributed by atoms with E-state index in [9.17, 15) is 4.79 Å². The molecule has 3 atom stereocenters. The van der Waals surface area contributed by atoms with E-state index in [1.165, 1.54) is 17.8 Å². The summed E-state index contributed by atoms with van der Waals surface area (Å²) < 4.78 is 0.989.